The standard InChI is InChI=1S/C14H17NO3/c1-2-15(9-16)13(14(17)18)12-7-5-11(6-8-12)10-3-4-10/h5-10,13H,2-4H2,1H3,(H,17,18). The van der Waals surface area contributed by atoms with E-state index in [1.165, 1.54) is 23.3 Å². The number of hydrogen-bond acceptors (Lipinski definition) is 2. The van der Waals surface area contributed by atoms with Crippen molar-refractivity contribution < 1.29 is 14.7 Å². The summed E-state index contributed by atoms with van der Waals surface area (Å²) in [6, 6.07) is 6.70. The number of carbonyl (C=O) groups excluding carboxylic acids is 1. The molecule has 0 aromatic heterocycles. The van der Waals surface area contributed by atoms with Crippen molar-refractivity contribution in [2.24, 2.45) is 0 Å². The van der Waals surface area contributed by atoms with Gasteiger partial charge in [-0.1, -0.05) is 24.3 Å². The van der Waals surface area contributed by atoms with Gasteiger partial charge in [0.2, 0.25) is 6.41 Å². The van der Waals surface area contributed by atoms with E-state index in [1.54, 1.807) is 6.92 Å². The summed E-state index contributed by atoms with van der Waals surface area (Å²) in [5.41, 5.74) is 1.91. The number of aliphatic carboxylic acids is 1. The molecule has 1 aromatic rings. The topological polar surface area (TPSA) is 57.6 Å². The summed E-state index contributed by atoms with van der Waals surface area (Å²) in [5.74, 6) is -0.348. The summed E-state index contributed by atoms with van der Waals surface area (Å²) in [7, 11) is 0. The SMILES string of the molecule is CCN(C=O)C(C(=O)O)c1ccc(C2CC2)cc1. The quantitative estimate of drug-likeness (QED) is 0.784. The van der Waals surface area contributed by atoms with E-state index in [4.69, 9.17) is 0 Å². The molecule has 1 aliphatic carbocycles. The molecule has 0 heterocycles. The molecule has 1 unspecified atom stereocenters. The van der Waals surface area contributed by atoms with Crippen molar-refractivity contribution in [1.29, 1.82) is 0 Å². The molecule has 0 aliphatic heterocycles. The van der Waals surface area contributed by atoms with Crippen LogP contribution in [0.3, 0.4) is 0 Å². The first-order valence-corrected chi connectivity index (χ1v) is 6.21. The van der Waals surface area contributed by atoms with Crippen LogP contribution in [0.1, 0.15) is 42.9 Å². The van der Waals surface area contributed by atoms with E-state index in [0.717, 1.165) is 0 Å². The number of rotatable bonds is 6. The van der Waals surface area contributed by atoms with Gasteiger partial charge in [-0.05, 0) is 36.8 Å². The van der Waals surface area contributed by atoms with Gasteiger partial charge in [0.1, 0.15) is 0 Å². The van der Waals surface area contributed by atoms with Gasteiger partial charge in [0, 0.05) is 6.54 Å². The molecule has 1 fully saturated rings. The van der Waals surface area contributed by atoms with Crippen LogP contribution in [-0.2, 0) is 9.59 Å². The van der Waals surface area contributed by atoms with E-state index in [1.807, 2.05) is 24.3 Å². The summed E-state index contributed by atoms with van der Waals surface area (Å²) < 4.78 is 0. The minimum atomic E-state index is -0.997. The maximum absolute atomic E-state index is 11.3. The maximum Gasteiger partial charge on any atom is 0.331 e. The molecule has 4 nitrogen and oxygen atoms in total. The largest absolute Gasteiger partial charge is 0.479 e. The van der Waals surface area contributed by atoms with Crippen LogP contribution in [0.15, 0.2) is 24.3 Å². The fourth-order valence-electron chi connectivity index (χ4n) is 2.16. The normalized spacial score (nSPS) is 16.1. The third-order valence-corrected chi connectivity index (χ3v) is 3.37. The zero-order chi connectivity index (χ0) is 13.1. The van der Waals surface area contributed by atoms with Gasteiger partial charge in [0.25, 0.3) is 0 Å². The molecule has 0 radical (unpaired) electrons. The number of nitrogens with zero attached hydrogens (tertiary/aromatic N) is 1. The van der Waals surface area contributed by atoms with Crippen molar-refractivity contribution in [3.63, 3.8) is 0 Å². The molecule has 1 amide bonds. The lowest BCUT2D eigenvalue weighted by Crippen LogP contribution is -2.32. The Morgan fingerprint density at radius 1 is 1.44 bits per heavy atom. The van der Waals surface area contributed by atoms with Crippen LogP contribution in [0, 0.1) is 0 Å². The Hall–Kier alpha value is -1.84. The number of benzene rings is 1. The molecule has 1 atom stereocenters. The fourth-order valence-corrected chi connectivity index (χ4v) is 2.16. The molecular formula is C14H17NO3. The monoisotopic (exact) mass is 247 g/mol. The Balaban J connectivity index is 2.24. The van der Waals surface area contributed by atoms with Crippen molar-refractivity contribution in [1.82, 2.24) is 4.90 Å². The second-order valence-corrected chi connectivity index (χ2v) is 4.62. The lowest BCUT2D eigenvalue weighted by atomic mass is 10.0. The van der Waals surface area contributed by atoms with Crippen molar-refractivity contribution in [3.8, 4) is 0 Å². The van der Waals surface area contributed by atoms with E-state index in [-0.39, 0.29) is 0 Å². The highest BCUT2D eigenvalue weighted by Gasteiger charge is 2.27. The van der Waals surface area contributed by atoms with Gasteiger partial charge < -0.3 is 10.0 Å². The van der Waals surface area contributed by atoms with E-state index in [0.29, 0.717) is 24.4 Å². The highest BCUT2D eigenvalue weighted by atomic mass is 16.4. The molecule has 1 aromatic carbocycles. The van der Waals surface area contributed by atoms with Gasteiger partial charge in [0.05, 0.1) is 0 Å². The molecule has 0 spiro atoms. The fraction of sp³-hybridized carbons (Fsp3) is 0.429. The zero-order valence-electron chi connectivity index (χ0n) is 10.4. The lowest BCUT2D eigenvalue weighted by molar-refractivity contribution is -0.146. The van der Waals surface area contributed by atoms with Crippen LogP contribution in [0.5, 0.6) is 0 Å². The second kappa shape index (κ2) is 5.21. The van der Waals surface area contributed by atoms with Gasteiger partial charge in [-0.15, -0.1) is 0 Å². The van der Waals surface area contributed by atoms with Gasteiger partial charge in [-0.25, -0.2) is 4.79 Å². The first-order chi connectivity index (χ1) is 8.67. The van der Waals surface area contributed by atoms with Gasteiger partial charge in [-0.3, -0.25) is 4.79 Å². The Morgan fingerprint density at radius 3 is 2.44 bits per heavy atom. The highest BCUT2D eigenvalue weighted by Crippen LogP contribution is 2.40. The Labute approximate surface area is 106 Å². The van der Waals surface area contributed by atoms with Crippen molar-refractivity contribution in [2.45, 2.75) is 31.7 Å². The van der Waals surface area contributed by atoms with Crippen molar-refractivity contribution >= 4 is 12.4 Å². The first-order valence-electron chi connectivity index (χ1n) is 6.21. The minimum absolute atomic E-state index is 0.380. The second-order valence-electron chi connectivity index (χ2n) is 4.62. The maximum atomic E-state index is 11.3. The molecule has 1 saturated carbocycles. The van der Waals surface area contributed by atoms with Crippen LogP contribution in [0.2, 0.25) is 0 Å². The predicted molar refractivity (Wildman–Crippen MR) is 67.2 cm³/mol. The zero-order valence-corrected chi connectivity index (χ0v) is 10.4. The Bertz CT molecular complexity index is 437. The van der Waals surface area contributed by atoms with Crippen LogP contribution >= 0.6 is 0 Å². The molecule has 1 N–H and O–H groups in total. The average molecular weight is 247 g/mol. The van der Waals surface area contributed by atoms with Crippen LogP contribution in [0.25, 0.3) is 0 Å². The van der Waals surface area contributed by atoms with E-state index in [9.17, 15) is 14.7 Å². The molecule has 2 rings (SSSR count). The third kappa shape index (κ3) is 2.53. The Morgan fingerprint density at radius 2 is 2.06 bits per heavy atom. The van der Waals surface area contributed by atoms with Gasteiger partial charge in [-0.2, -0.15) is 0 Å². The summed E-state index contributed by atoms with van der Waals surface area (Å²) >= 11 is 0. The summed E-state index contributed by atoms with van der Waals surface area (Å²) in [6.07, 6.45) is 3.03. The molecule has 96 valence electrons. The van der Waals surface area contributed by atoms with E-state index in [2.05, 4.69) is 0 Å². The number of hydrogen-bond donors (Lipinski definition) is 1. The Kier molecular flexibility index (Phi) is 3.65. The van der Waals surface area contributed by atoms with E-state index < -0.39 is 12.0 Å². The van der Waals surface area contributed by atoms with Crippen LogP contribution in [0.4, 0.5) is 0 Å². The van der Waals surface area contributed by atoms with E-state index >= 15 is 0 Å². The molecule has 1 aliphatic rings. The third-order valence-electron chi connectivity index (χ3n) is 3.37. The number of carbonyl (C=O) groups is 2. The highest BCUT2D eigenvalue weighted by molar-refractivity contribution is 5.78. The van der Waals surface area contributed by atoms with Crippen molar-refractivity contribution in [2.75, 3.05) is 6.54 Å². The first kappa shape index (κ1) is 12.6. The summed E-state index contributed by atoms with van der Waals surface area (Å²) in [6.45, 7) is 2.15. The number of likely N-dealkylation sites (N-methyl/N-ethyl adjacent to an activating group) is 1. The lowest BCUT2D eigenvalue weighted by Gasteiger charge is -2.23. The van der Waals surface area contributed by atoms with Crippen LogP contribution < -0.4 is 0 Å². The molecular weight excluding hydrogens is 230 g/mol. The molecule has 0 saturated heterocycles. The summed E-state index contributed by atoms with van der Waals surface area (Å²) in [5, 5.41) is 9.25. The predicted octanol–water partition coefficient (Wildman–Crippen LogP) is 2.17. The average Bonchev–Trinajstić information content (AvgIpc) is 3.20. The van der Waals surface area contributed by atoms with Crippen molar-refractivity contribution in [3.05, 3.63) is 35.4 Å². The summed E-state index contributed by atoms with van der Waals surface area (Å²) in [4.78, 5) is 23.5. The van der Waals surface area contributed by atoms with Gasteiger partial charge in [0.15, 0.2) is 6.04 Å². The smallest absolute Gasteiger partial charge is 0.331 e. The molecule has 0 bridgehead atoms. The number of carboxylic acid groups (broad SMARTS) is 1. The minimum Gasteiger partial charge on any atom is -0.479 e. The number of amides is 1. The van der Waals surface area contributed by atoms with Gasteiger partial charge >= 0.3 is 5.97 Å². The molecule has 4 heteroatoms. The van der Waals surface area contributed by atoms with Crippen LogP contribution in [-0.4, -0.2) is 28.9 Å². The number of carboxylic acids is 1. The molecule has 18 heavy (non-hydrogen) atoms.